The summed E-state index contributed by atoms with van der Waals surface area (Å²) in [6, 6.07) is 72.4. The van der Waals surface area contributed by atoms with Crippen molar-refractivity contribution in [2.75, 3.05) is 4.90 Å². The van der Waals surface area contributed by atoms with Gasteiger partial charge in [0.1, 0.15) is 0 Å². The number of hydrogen-bond donors (Lipinski definition) is 0. The van der Waals surface area contributed by atoms with E-state index >= 15 is 0 Å². The van der Waals surface area contributed by atoms with Gasteiger partial charge in [0.25, 0.3) is 0 Å². The van der Waals surface area contributed by atoms with E-state index in [1.54, 1.807) is 0 Å². The van der Waals surface area contributed by atoms with Crippen molar-refractivity contribution in [3.63, 3.8) is 0 Å². The summed E-state index contributed by atoms with van der Waals surface area (Å²) in [6.07, 6.45) is 0.934. The van der Waals surface area contributed by atoms with Crippen LogP contribution in [0.2, 0.25) is 0 Å². The van der Waals surface area contributed by atoms with E-state index in [2.05, 4.69) is 219 Å². The molecule has 0 N–H and O–H groups in total. The first kappa shape index (κ1) is 32.7. The van der Waals surface area contributed by atoms with Crippen LogP contribution in [0.5, 0.6) is 0 Å². The van der Waals surface area contributed by atoms with E-state index in [0.717, 1.165) is 23.5 Å². The lowest BCUT2D eigenvalue weighted by Gasteiger charge is -2.27. The number of anilines is 3. The molecule has 0 aliphatic rings. The molecule has 8 aromatic carbocycles. The lowest BCUT2D eigenvalue weighted by molar-refractivity contribution is 1.14. The first-order valence-corrected chi connectivity index (χ1v) is 18.2. The third-order valence-corrected chi connectivity index (χ3v) is 10.1. The van der Waals surface area contributed by atoms with Crippen LogP contribution in [-0.2, 0) is 6.42 Å². The van der Waals surface area contributed by atoms with Crippen LogP contribution in [-0.4, -0.2) is 0 Å². The predicted octanol–water partition coefficient (Wildman–Crippen LogP) is 14.4. The molecule has 1 heteroatoms. The zero-order chi connectivity index (χ0) is 35.3. The third-order valence-electron chi connectivity index (χ3n) is 10.1. The molecule has 0 heterocycles. The highest BCUT2D eigenvalue weighted by molar-refractivity contribution is 5.92. The molecule has 0 bridgehead atoms. The number of nitrogens with zero attached hydrogens (tertiary/aromatic N) is 1. The first-order chi connectivity index (χ1) is 25.7. The maximum Gasteiger partial charge on any atom is 0.0468 e. The Labute approximate surface area is 308 Å². The van der Waals surface area contributed by atoms with Crippen molar-refractivity contribution in [1.29, 1.82) is 0 Å². The average molecular weight is 668 g/mol. The second-order valence-corrected chi connectivity index (χ2v) is 13.3. The molecule has 0 aliphatic carbocycles. The number of rotatable bonds is 9. The maximum atomic E-state index is 2.38. The molecule has 52 heavy (non-hydrogen) atoms. The SMILES string of the molecule is CCc1c(-c2ccccc2C)cccc1-c1ccc(N(c2ccc(-c3ccccc3)cc2)c2ccc(-c3ccccc3)cc2)cc1-c1ccccc1. The van der Waals surface area contributed by atoms with Crippen molar-refractivity contribution in [2.45, 2.75) is 20.3 Å². The molecule has 8 aromatic rings. The molecule has 0 spiro atoms. The highest BCUT2D eigenvalue weighted by atomic mass is 15.1. The van der Waals surface area contributed by atoms with Crippen molar-refractivity contribution in [1.82, 2.24) is 0 Å². The van der Waals surface area contributed by atoms with Gasteiger partial charge >= 0.3 is 0 Å². The Hall–Kier alpha value is -6.44. The molecule has 0 amide bonds. The van der Waals surface area contributed by atoms with E-state index in [-0.39, 0.29) is 0 Å². The fourth-order valence-corrected chi connectivity index (χ4v) is 7.42. The molecule has 250 valence electrons. The van der Waals surface area contributed by atoms with Crippen LogP contribution in [0.15, 0.2) is 200 Å². The van der Waals surface area contributed by atoms with Crippen LogP contribution in [0.4, 0.5) is 17.1 Å². The standard InChI is InChI=1S/C51H41N/c1-3-46-48(47-23-14-13-16-37(47)2)24-15-25-49(46)50-35-34-45(36-51(50)42-21-11-6-12-22-42)52(43-30-26-40(27-31-43)38-17-7-4-8-18-38)44-32-28-41(29-33-44)39-19-9-5-10-20-39/h4-36H,3H2,1-2H3. The van der Waals surface area contributed by atoms with E-state index < -0.39 is 0 Å². The predicted molar refractivity (Wildman–Crippen MR) is 222 cm³/mol. The summed E-state index contributed by atoms with van der Waals surface area (Å²) < 4.78 is 0. The quantitative estimate of drug-likeness (QED) is 0.148. The average Bonchev–Trinajstić information content (AvgIpc) is 3.22. The molecule has 0 saturated carbocycles. The maximum absolute atomic E-state index is 2.38. The molecule has 0 saturated heterocycles. The molecular formula is C51H41N. The fraction of sp³-hybridized carbons (Fsp3) is 0.0588. The van der Waals surface area contributed by atoms with Crippen molar-refractivity contribution in [3.8, 4) is 55.6 Å². The Morgan fingerprint density at radius 1 is 0.327 bits per heavy atom. The molecule has 0 atom stereocenters. The zero-order valence-electron chi connectivity index (χ0n) is 29.7. The Bertz CT molecular complexity index is 2330. The summed E-state index contributed by atoms with van der Waals surface area (Å²) in [5, 5.41) is 0. The fourth-order valence-electron chi connectivity index (χ4n) is 7.42. The summed E-state index contributed by atoms with van der Waals surface area (Å²) in [5.41, 5.74) is 18.3. The molecule has 0 radical (unpaired) electrons. The van der Waals surface area contributed by atoms with Crippen molar-refractivity contribution in [3.05, 3.63) is 211 Å². The van der Waals surface area contributed by atoms with Crippen LogP contribution in [0.25, 0.3) is 55.6 Å². The number of hydrogen-bond acceptors (Lipinski definition) is 1. The molecule has 8 rings (SSSR count). The Morgan fingerprint density at radius 2 is 0.750 bits per heavy atom. The highest BCUT2D eigenvalue weighted by Crippen LogP contribution is 2.43. The topological polar surface area (TPSA) is 3.24 Å². The Morgan fingerprint density at radius 3 is 1.27 bits per heavy atom. The van der Waals surface area contributed by atoms with Crippen molar-refractivity contribution >= 4 is 17.1 Å². The van der Waals surface area contributed by atoms with E-state index in [0.29, 0.717) is 0 Å². The molecule has 0 unspecified atom stereocenters. The minimum atomic E-state index is 0.934. The number of benzene rings is 8. The van der Waals surface area contributed by atoms with Gasteiger partial charge in [-0.1, -0.05) is 171 Å². The smallest absolute Gasteiger partial charge is 0.0468 e. The highest BCUT2D eigenvalue weighted by Gasteiger charge is 2.19. The molecule has 0 fully saturated rings. The van der Waals surface area contributed by atoms with Gasteiger partial charge in [0, 0.05) is 17.1 Å². The lowest BCUT2D eigenvalue weighted by atomic mass is 9.86. The van der Waals surface area contributed by atoms with Gasteiger partial charge in [-0.15, -0.1) is 0 Å². The number of aryl methyl sites for hydroxylation is 1. The van der Waals surface area contributed by atoms with Gasteiger partial charge in [-0.25, -0.2) is 0 Å². The van der Waals surface area contributed by atoms with Crippen molar-refractivity contribution in [2.24, 2.45) is 0 Å². The largest absolute Gasteiger partial charge is 0.310 e. The van der Waals surface area contributed by atoms with E-state index in [1.807, 2.05) is 0 Å². The van der Waals surface area contributed by atoms with Gasteiger partial charge < -0.3 is 4.90 Å². The second-order valence-electron chi connectivity index (χ2n) is 13.3. The van der Waals surface area contributed by atoms with Gasteiger partial charge in [0.2, 0.25) is 0 Å². The van der Waals surface area contributed by atoms with Gasteiger partial charge in [-0.2, -0.15) is 0 Å². The zero-order valence-corrected chi connectivity index (χ0v) is 29.7. The van der Waals surface area contributed by atoms with Crippen LogP contribution in [0.1, 0.15) is 18.1 Å². The summed E-state index contributed by atoms with van der Waals surface area (Å²) >= 11 is 0. The normalized spacial score (nSPS) is 11.0. The molecule has 0 aliphatic heterocycles. The minimum absolute atomic E-state index is 0.934. The van der Waals surface area contributed by atoms with E-state index in [1.165, 1.54) is 66.8 Å². The lowest BCUT2D eigenvalue weighted by Crippen LogP contribution is -2.10. The second kappa shape index (κ2) is 14.8. The molecule has 1 nitrogen and oxygen atoms in total. The van der Waals surface area contributed by atoms with Crippen LogP contribution >= 0.6 is 0 Å². The van der Waals surface area contributed by atoms with E-state index in [9.17, 15) is 0 Å². The Balaban J connectivity index is 1.29. The van der Waals surface area contributed by atoms with Crippen LogP contribution in [0.3, 0.4) is 0 Å². The summed E-state index contributed by atoms with van der Waals surface area (Å²) in [5.74, 6) is 0. The first-order valence-electron chi connectivity index (χ1n) is 18.2. The molecular weight excluding hydrogens is 627 g/mol. The van der Waals surface area contributed by atoms with Gasteiger partial charge in [-0.3, -0.25) is 0 Å². The summed E-state index contributed by atoms with van der Waals surface area (Å²) in [4.78, 5) is 2.38. The van der Waals surface area contributed by atoms with Crippen LogP contribution in [0, 0.1) is 6.92 Å². The summed E-state index contributed by atoms with van der Waals surface area (Å²) in [6.45, 7) is 4.48. The third kappa shape index (κ3) is 6.57. The Kier molecular flexibility index (Phi) is 9.33. The van der Waals surface area contributed by atoms with Gasteiger partial charge in [-0.05, 0) is 117 Å². The molecule has 0 aromatic heterocycles. The monoisotopic (exact) mass is 667 g/mol. The van der Waals surface area contributed by atoms with E-state index in [4.69, 9.17) is 0 Å². The van der Waals surface area contributed by atoms with Gasteiger partial charge in [0.05, 0.1) is 0 Å². The van der Waals surface area contributed by atoms with Crippen LogP contribution < -0.4 is 4.90 Å². The minimum Gasteiger partial charge on any atom is -0.310 e. The van der Waals surface area contributed by atoms with Gasteiger partial charge in [0.15, 0.2) is 0 Å². The summed E-state index contributed by atoms with van der Waals surface area (Å²) in [7, 11) is 0. The van der Waals surface area contributed by atoms with Crippen molar-refractivity contribution < 1.29 is 0 Å².